The molecule has 0 unspecified atom stereocenters. The zero-order valence-corrected chi connectivity index (χ0v) is 8.07. The molecule has 74 valence electrons. The zero-order chi connectivity index (χ0) is 9.97. The van der Waals surface area contributed by atoms with Crippen LogP contribution in [-0.4, -0.2) is 26.3 Å². The minimum Gasteiger partial charge on any atom is -0.342 e. The molecule has 0 fully saturated rings. The van der Waals surface area contributed by atoms with E-state index < -0.39 is 0 Å². The number of nitrogens with one attached hydrogen (secondary N) is 1. The Labute approximate surface area is 82.0 Å². The van der Waals surface area contributed by atoms with Gasteiger partial charge >= 0.3 is 0 Å². The van der Waals surface area contributed by atoms with Crippen molar-refractivity contribution in [3.05, 3.63) is 24.4 Å². The van der Waals surface area contributed by atoms with Crippen LogP contribution in [0, 0.1) is 0 Å². The van der Waals surface area contributed by atoms with E-state index in [-0.39, 0.29) is 0 Å². The number of aromatic amines is 1. The zero-order valence-electron chi connectivity index (χ0n) is 8.07. The summed E-state index contributed by atoms with van der Waals surface area (Å²) < 4.78 is 1.76. The van der Waals surface area contributed by atoms with Crippen LogP contribution in [0.2, 0.25) is 0 Å². The summed E-state index contributed by atoms with van der Waals surface area (Å²) in [6.07, 6.45) is 6.34. The van der Waals surface area contributed by atoms with Gasteiger partial charge < -0.3 is 10.7 Å². The number of rotatable bonds is 3. The Hall–Kier alpha value is -1.62. The molecule has 2 heterocycles. The average Bonchev–Trinajstić information content (AvgIpc) is 2.74. The van der Waals surface area contributed by atoms with Crippen molar-refractivity contribution >= 4 is 0 Å². The second-order valence-corrected chi connectivity index (χ2v) is 3.18. The highest BCUT2D eigenvalue weighted by Crippen LogP contribution is 2.15. The van der Waals surface area contributed by atoms with Crippen LogP contribution in [-0.2, 0) is 13.5 Å². The van der Waals surface area contributed by atoms with Crippen molar-refractivity contribution in [2.24, 2.45) is 12.8 Å². The Morgan fingerprint density at radius 2 is 2.36 bits per heavy atom. The van der Waals surface area contributed by atoms with Crippen molar-refractivity contribution < 1.29 is 0 Å². The van der Waals surface area contributed by atoms with E-state index in [0.29, 0.717) is 6.54 Å². The highest BCUT2D eigenvalue weighted by atomic mass is 15.2. The molecular weight excluding hydrogens is 178 g/mol. The average molecular weight is 191 g/mol. The third-order valence-electron chi connectivity index (χ3n) is 2.03. The standard InChI is InChI=1S/C9H13N5/c1-14-6-7(4-12-14)8-5-11-9(13-8)2-3-10/h4-6H,2-3,10H2,1H3,(H,11,13). The lowest BCUT2D eigenvalue weighted by atomic mass is 10.3. The van der Waals surface area contributed by atoms with Crippen LogP contribution in [0.25, 0.3) is 11.3 Å². The molecule has 0 amide bonds. The summed E-state index contributed by atoms with van der Waals surface area (Å²) in [5, 5.41) is 4.09. The van der Waals surface area contributed by atoms with Gasteiger partial charge in [0.05, 0.1) is 18.1 Å². The topological polar surface area (TPSA) is 72.5 Å². The van der Waals surface area contributed by atoms with E-state index in [1.54, 1.807) is 10.9 Å². The van der Waals surface area contributed by atoms with Crippen molar-refractivity contribution in [3.8, 4) is 11.3 Å². The van der Waals surface area contributed by atoms with Gasteiger partial charge in [-0.15, -0.1) is 0 Å². The van der Waals surface area contributed by atoms with E-state index in [2.05, 4.69) is 15.1 Å². The normalized spacial score (nSPS) is 10.7. The number of hydrogen-bond donors (Lipinski definition) is 2. The minimum atomic E-state index is 0.611. The van der Waals surface area contributed by atoms with Crippen molar-refractivity contribution in [1.29, 1.82) is 0 Å². The number of nitrogens with zero attached hydrogens (tertiary/aromatic N) is 3. The highest BCUT2D eigenvalue weighted by Gasteiger charge is 2.03. The van der Waals surface area contributed by atoms with Gasteiger partial charge in [0, 0.05) is 25.2 Å². The second-order valence-electron chi connectivity index (χ2n) is 3.18. The van der Waals surface area contributed by atoms with Crippen LogP contribution in [0.15, 0.2) is 18.6 Å². The van der Waals surface area contributed by atoms with Gasteiger partial charge in [0.1, 0.15) is 5.82 Å². The van der Waals surface area contributed by atoms with Crippen molar-refractivity contribution in [2.45, 2.75) is 6.42 Å². The summed E-state index contributed by atoms with van der Waals surface area (Å²) in [4.78, 5) is 7.42. The largest absolute Gasteiger partial charge is 0.342 e. The fraction of sp³-hybridized carbons (Fsp3) is 0.333. The van der Waals surface area contributed by atoms with Gasteiger partial charge in [0.25, 0.3) is 0 Å². The van der Waals surface area contributed by atoms with E-state index in [1.165, 1.54) is 0 Å². The van der Waals surface area contributed by atoms with Gasteiger partial charge in [-0.05, 0) is 6.54 Å². The molecule has 2 aromatic heterocycles. The van der Waals surface area contributed by atoms with Crippen LogP contribution in [0.4, 0.5) is 0 Å². The number of nitrogens with two attached hydrogens (primary N) is 1. The second kappa shape index (κ2) is 3.63. The molecule has 0 radical (unpaired) electrons. The van der Waals surface area contributed by atoms with Crippen LogP contribution in [0.3, 0.4) is 0 Å². The van der Waals surface area contributed by atoms with Gasteiger partial charge in [-0.25, -0.2) is 4.98 Å². The molecule has 2 aromatic rings. The Morgan fingerprint density at radius 3 is 3.00 bits per heavy atom. The van der Waals surface area contributed by atoms with Crippen molar-refractivity contribution in [3.63, 3.8) is 0 Å². The molecule has 3 N–H and O–H groups in total. The first-order chi connectivity index (χ1) is 6.79. The molecule has 0 bridgehead atoms. The third-order valence-corrected chi connectivity index (χ3v) is 2.03. The predicted octanol–water partition coefficient (Wildman–Crippen LogP) is 0.311. The van der Waals surface area contributed by atoms with Gasteiger partial charge in [0.2, 0.25) is 0 Å². The molecule has 0 saturated heterocycles. The summed E-state index contributed by atoms with van der Waals surface area (Å²) in [5.41, 5.74) is 7.47. The van der Waals surface area contributed by atoms with E-state index in [9.17, 15) is 0 Å². The molecule has 2 rings (SSSR count). The fourth-order valence-corrected chi connectivity index (χ4v) is 1.33. The molecular formula is C9H13N5. The number of hydrogen-bond acceptors (Lipinski definition) is 3. The maximum absolute atomic E-state index is 5.44. The lowest BCUT2D eigenvalue weighted by molar-refractivity contribution is 0.768. The molecule has 0 atom stereocenters. The van der Waals surface area contributed by atoms with Crippen LogP contribution in [0.1, 0.15) is 5.82 Å². The third kappa shape index (κ3) is 1.67. The van der Waals surface area contributed by atoms with Gasteiger partial charge in [-0.2, -0.15) is 5.10 Å². The SMILES string of the molecule is Cn1cc(-c2cnc(CCN)[nH]2)cn1. The molecule has 0 aliphatic heterocycles. The van der Waals surface area contributed by atoms with Crippen molar-refractivity contribution in [2.75, 3.05) is 6.54 Å². The summed E-state index contributed by atoms with van der Waals surface area (Å²) >= 11 is 0. The lowest BCUT2D eigenvalue weighted by Crippen LogP contribution is -2.03. The first-order valence-electron chi connectivity index (χ1n) is 4.52. The number of imidazole rings is 1. The smallest absolute Gasteiger partial charge is 0.107 e. The maximum Gasteiger partial charge on any atom is 0.107 e. The number of aryl methyl sites for hydroxylation is 1. The van der Waals surface area contributed by atoms with E-state index in [0.717, 1.165) is 23.5 Å². The molecule has 14 heavy (non-hydrogen) atoms. The Bertz CT molecular complexity index is 414. The monoisotopic (exact) mass is 191 g/mol. The molecule has 0 aliphatic rings. The van der Waals surface area contributed by atoms with Crippen molar-refractivity contribution in [1.82, 2.24) is 19.7 Å². The highest BCUT2D eigenvalue weighted by molar-refractivity contribution is 5.55. The maximum atomic E-state index is 5.44. The Morgan fingerprint density at radius 1 is 1.50 bits per heavy atom. The molecule has 0 saturated carbocycles. The van der Waals surface area contributed by atoms with Gasteiger partial charge in [0.15, 0.2) is 0 Å². The summed E-state index contributed by atoms with van der Waals surface area (Å²) in [5.74, 6) is 0.923. The fourth-order valence-electron chi connectivity index (χ4n) is 1.33. The summed E-state index contributed by atoms with van der Waals surface area (Å²) in [7, 11) is 1.89. The minimum absolute atomic E-state index is 0.611. The van der Waals surface area contributed by atoms with Crippen LogP contribution in [0.5, 0.6) is 0 Å². The molecule has 0 aromatic carbocycles. The first kappa shape index (κ1) is 8.96. The number of aromatic nitrogens is 4. The quantitative estimate of drug-likeness (QED) is 0.733. The van der Waals surface area contributed by atoms with E-state index in [4.69, 9.17) is 5.73 Å². The van der Waals surface area contributed by atoms with E-state index in [1.807, 2.05) is 19.4 Å². The summed E-state index contributed by atoms with van der Waals surface area (Å²) in [6.45, 7) is 0.611. The van der Waals surface area contributed by atoms with Crippen LogP contribution < -0.4 is 5.73 Å². The van der Waals surface area contributed by atoms with Gasteiger partial charge in [-0.1, -0.05) is 0 Å². The Kier molecular flexibility index (Phi) is 2.32. The first-order valence-corrected chi connectivity index (χ1v) is 4.52. The Balaban J connectivity index is 2.24. The van der Waals surface area contributed by atoms with Gasteiger partial charge in [-0.3, -0.25) is 4.68 Å². The molecule has 5 heteroatoms. The van der Waals surface area contributed by atoms with E-state index >= 15 is 0 Å². The molecule has 5 nitrogen and oxygen atoms in total. The molecule has 0 aliphatic carbocycles. The summed E-state index contributed by atoms with van der Waals surface area (Å²) in [6, 6.07) is 0. The van der Waals surface area contributed by atoms with Crippen LogP contribution >= 0.6 is 0 Å². The molecule has 0 spiro atoms. The predicted molar refractivity (Wildman–Crippen MR) is 53.5 cm³/mol. The number of H-pyrrole nitrogens is 1. The lowest BCUT2D eigenvalue weighted by Gasteiger charge is -1.91.